The molecule has 0 amide bonds. The Kier molecular flexibility index (Phi) is 5.07. The average Bonchev–Trinajstić information content (AvgIpc) is 2.56. The van der Waals surface area contributed by atoms with Gasteiger partial charge in [0, 0.05) is 28.7 Å². The Balaban J connectivity index is 1.90. The van der Waals surface area contributed by atoms with Crippen LogP contribution in [0.2, 0.25) is 0 Å². The van der Waals surface area contributed by atoms with E-state index in [-0.39, 0.29) is 0 Å². The van der Waals surface area contributed by atoms with E-state index in [9.17, 15) is 4.57 Å². The summed E-state index contributed by atoms with van der Waals surface area (Å²) < 4.78 is 14.3. The van der Waals surface area contributed by atoms with Gasteiger partial charge in [0.2, 0.25) is 0 Å². The molecule has 0 spiro atoms. The number of hydrogen-bond acceptors (Lipinski definition) is 3. The van der Waals surface area contributed by atoms with Crippen molar-refractivity contribution in [3.8, 4) is 0 Å². The topological polar surface area (TPSA) is 69.1 Å². The van der Waals surface area contributed by atoms with E-state index < -0.39 is 7.14 Å². The van der Waals surface area contributed by atoms with Crippen LogP contribution in [0.15, 0.2) is 30.3 Å². The van der Waals surface area contributed by atoms with Gasteiger partial charge < -0.3 is 16.0 Å². The molecule has 0 radical (unpaired) electrons. The van der Waals surface area contributed by atoms with Gasteiger partial charge in [0.1, 0.15) is 7.14 Å². The molecule has 3 nitrogen and oxygen atoms in total. The van der Waals surface area contributed by atoms with Crippen molar-refractivity contribution in [1.82, 2.24) is 0 Å². The Morgan fingerprint density at radius 1 is 0.727 bits per heavy atom. The van der Waals surface area contributed by atoms with Gasteiger partial charge in [-0.1, -0.05) is 30.3 Å². The monoisotopic (exact) mass is 320 g/mol. The summed E-state index contributed by atoms with van der Waals surface area (Å²) in [4.78, 5) is 0. The lowest BCUT2D eigenvalue weighted by Gasteiger charge is -2.40. The van der Waals surface area contributed by atoms with Crippen LogP contribution in [0.3, 0.4) is 0 Å². The van der Waals surface area contributed by atoms with E-state index in [2.05, 4.69) is 12.1 Å². The third-order valence-electron chi connectivity index (χ3n) is 5.73. The van der Waals surface area contributed by atoms with E-state index in [4.69, 9.17) is 11.5 Å². The molecule has 4 heteroatoms. The lowest BCUT2D eigenvalue weighted by Crippen LogP contribution is -2.37. The third-order valence-corrected chi connectivity index (χ3v) is 10.0. The molecule has 2 fully saturated rings. The molecular weight excluding hydrogens is 291 g/mol. The molecule has 122 valence electrons. The van der Waals surface area contributed by atoms with Gasteiger partial charge in [0.25, 0.3) is 0 Å². The minimum absolute atomic E-state index is 0.306. The maximum atomic E-state index is 14.3. The first-order valence-electron chi connectivity index (χ1n) is 8.77. The van der Waals surface area contributed by atoms with Gasteiger partial charge in [-0.3, -0.25) is 0 Å². The summed E-state index contributed by atoms with van der Waals surface area (Å²) in [6, 6.07) is 10.9. The fourth-order valence-corrected chi connectivity index (χ4v) is 8.56. The standard InChI is InChI=1S/C18H29N2OP/c19-14-6-10-17(11-7-14)22(21,16-4-2-1-3-5-16)18-12-8-15(20)9-13-18/h1-5,14-15,17-18H,6-13,19-20H2. The normalized spacial score (nSPS) is 35.7. The van der Waals surface area contributed by atoms with Crippen LogP contribution in [0.25, 0.3) is 0 Å². The Labute approximate surface area is 134 Å². The molecule has 0 bridgehead atoms. The molecule has 2 aliphatic rings. The lowest BCUT2D eigenvalue weighted by molar-refractivity contribution is 0.409. The van der Waals surface area contributed by atoms with Crippen molar-refractivity contribution in [3.63, 3.8) is 0 Å². The van der Waals surface area contributed by atoms with Gasteiger partial charge in [0.05, 0.1) is 0 Å². The molecule has 2 saturated carbocycles. The zero-order valence-electron chi connectivity index (χ0n) is 13.4. The lowest BCUT2D eigenvalue weighted by atomic mass is 9.95. The molecule has 1 aromatic rings. The molecule has 0 aromatic heterocycles. The molecule has 0 heterocycles. The van der Waals surface area contributed by atoms with Crippen LogP contribution >= 0.6 is 7.14 Å². The molecule has 3 rings (SSSR count). The summed E-state index contributed by atoms with van der Waals surface area (Å²) in [7, 11) is -2.39. The Morgan fingerprint density at radius 3 is 1.55 bits per heavy atom. The smallest absolute Gasteiger partial charge is 0.121 e. The van der Waals surface area contributed by atoms with Gasteiger partial charge >= 0.3 is 0 Å². The summed E-state index contributed by atoms with van der Waals surface area (Å²) in [5, 5.41) is 1.09. The van der Waals surface area contributed by atoms with Crippen LogP contribution in [0.4, 0.5) is 0 Å². The first kappa shape index (κ1) is 16.2. The van der Waals surface area contributed by atoms with Crippen LogP contribution in [0.1, 0.15) is 51.4 Å². The SMILES string of the molecule is NC1CCC(P(=O)(c2ccccc2)C2CCC(N)CC2)CC1. The summed E-state index contributed by atoms with van der Waals surface area (Å²) in [5.41, 5.74) is 12.8. The first-order valence-corrected chi connectivity index (χ1v) is 10.6. The largest absolute Gasteiger partial charge is 0.328 e. The molecule has 2 aliphatic carbocycles. The van der Waals surface area contributed by atoms with Crippen molar-refractivity contribution in [2.75, 3.05) is 0 Å². The second-order valence-corrected chi connectivity index (χ2v) is 10.6. The molecule has 4 N–H and O–H groups in total. The van der Waals surface area contributed by atoms with E-state index in [1.54, 1.807) is 0 Å². The third kappa shape index (κ3) is 3.18. The number of benzene rings is 1. The predicted octanol–water partition coefficient (Wildman–Crippen LogP) is 3.21. The van der Waals surface area contributed by atoms with E-state index in [1.807, 2.05) is 18.2 Å². The van der Waals surface area contributed by atoms with Crippen molar-refractivity contribution in [1.29, 1.82) is 0 Å². The van der Waals surface area contributed by atoms with Crippen LogP contribution in [0, 0.1) is 0 Å². The van der Waals surface area contributed by atoms with Gasteiger partial charge in [-0.25, -0.2) is 0 Å². The minimum atomic E-state index is -2.39. The predicted molar refractivity (Wildman–Crippen MR) is 94.1 cm³/mol. The maximum absolute atomic E-state index is 14.3. The van der Waals surface area contributed by atoms with E-state index in [0.29, 0.717) is 23.4 Å². The van der Waals surface area contributed by atoms with Gasteiger partial charge in [-0.2, -0.15) is 0 Å². The molecule has 0 atom stereocenters. The Hall–Kier alpha value is -0.630. The Morgan fingerprint density at radius 2 is 1.14 bits per heavy atom. The van der Waals surface area contributed by atoms with E-state index in [0.717, 1.165) is 56.7 Å². The van der Waals surface area contributed by atoms with Crippen molar-refractivity contribution in [2.45, 2.75) is 74.8 Å². The molecular formula is C18H29N2OP. The van der Waals surface area contributed by atoms with Crippen molar-refractivity contribution in [2.24, 2.45) is 11.5 Å². The van der Waals surface area contributed by atoms with Crippen molar-refractivity contribution in [3.05, 3.63) is 30.3 Å². The van der Waals surface area contributed by atoms with Gasteiger partial charge in [-0.05, 0) is 51.4 Å². The van der Waals surface area contributed by atoms with Gasteiger partial charge in [0.15, 0.2) is 0 Å². The highest BCUT2D eigenvalue weighted by Crippen LogP contribution is 2.61. The highest BCUT2D eigenvalue weighted by atomic mass is 31.2. The number of hydrogen-bond donors (Lipinski definition) is 2. The first-order chi connectivity index (χ1) is 10.6. The second-order valence-electron chi connectivity index (χ2n) is 7.18. The fourth-order valence-electron chi connectivity index (χ4n) is 4.35. The van der Waals surface area contributed by atoms with Crippen LogP contribution in [-0.2, 0) is 4.57 Å². The minimum Gasteiger partial charge on any atom is -0.328 e. The fraction of sp³-hybridized carbons (Fsp3) is 0.667. The Bertz CT molecular complexity index is 491. The second kappa shape index (κ2) is 6.86. The van der Waals surface area contributed by atoms with Crippen LogP contribution in [0.5, 0.6) is 0 Å². The van der Waals surface area contributed by atoms with E-state index in [1.165, 1.54) is 0 Å². The number of nitrogens with two attached hydrogens (primary N) is 2. The zero-order valence-corrected chi connectivity index (χ0v) is 14.3. The highest BCUT2D eigenvalue weighted by Gasteiger charge is 2.43. The van der Waals surface area contributed by atoms with E-state index >= 15 is 0 Å². The summed E-state index contributed by atoms with van der Waals surface area (Å²) in [5.74, 6) is 0. The molecule has 0 saturated heterocycles. The van der Waals surface area contributed by atoms with Crippen LogP contribution in [-0.4, -0.2) is 23.4 Å². The zero-order chi connectivity index (χ0) is 15.6. The number of rotatable bonds is 3. The quantitative estimate of drug-likeness (QED) is 0.840. The van der Waals surface area contributed by atoms with Gasteiger partial charge in [-0.15, -0.1) is 0 Å². The molecule has 22 heavy (non-hydrogen) atoms. The van der Waals surface area contributed by atoms with Crippen LogP contribution < -0.4 is 16.8 Å². The highest BCUT2D eigenvalue weighted by molar-refractivity contribution is 7.73. The summed E-state index contributed by atoms with van der Waals surface area (Å²) in [6.07, 6.45) is 8.18. The van der Waals surface area contributed by atoms with Crippen molar-refractivity contribution >= 4 is 12.4 Å². The molecule has 0 aliphatic heterocycles. The molecule has 0 unspecified atom stereocenters. The summed E-state index contributed by atoms with van der Waals surface area (Å²) in [6.45, 7) is 0. The molecule has 1 aromatic carbocycles. The maximum Gasteiger partial charge on any atom is 0.121 e. The van der Waals surface area contributed by atoms with Crippen molar-refractivity contribution < 1.29 is 4.57 Å². The average molecular weight is 320 g/mol. The summed E-state index contributed by atoms with van der Waals surface area (Å²) >= 11 is 0.